The second-order valence-corrected chi connectivity index (χ2v) is 10.1. The molecular formula is C27H36O3S. The number of ether oxygens (including phenoxy) is 1. The van der Waals surface area contributed by atoms with E-state index in [0.29, 0.717) is 12.3 Å². The number of methoxy groups -OCH3 is 1. The topological polar surface area (TPSA) is 46.5 Å². The van der Waals surface area contributed by atoms with Gasteiger partial charge in [-0.25, -0.2) is 0 Å². The van der Waals surface area contributed by atoms with Crippen molar-refractivity contribution in [2.24, 2.45) is 0 Å². The molecule has 1 heterocycles. The Bertz CT molecular complexity index is 861. The van der Waals surface area contributed by atoms with E-state index in [2.05, 4.69) is 56.3 Å². The first-order valence-electron chi connectivity index (χ1n) is 11.5. The molecule has 4 heteroatoms. The summed E-state index contributed by atoms with van der Waals surface area (Å²) in [6.07, 6.45) is 8.09. The van der Waals surface area contributed by atoms with Gasteiger partial charge in [0.05, 0.1) is 7.11 Å². The highest BCUT2D eigenvalue weighted by Crippen LogP contribution is 2.52. The lowest BCUT2D eigenvalue weighted by atomic mass is 9.68. The van der Waals surface area contributed by atoms with E-state index in [-0.39, 0.29) is 5.41 Å². The van der Waals surface area contributed by atoms with Gasteiger partial charge >= 0.3 is 5.97 Å². The highest BCUT2D eigenvalue weighted by Gasteiger charge is 2.41. The molecule has 1 N–H and O–H groups in total. The van der Waals surface area contributed by atoms with Crippen LogP contribution in [0.1, 0.15) is 80.9 Å². The standard InChI is InChI=1S/C27H36O3S/c1-20-12-17-23-24(10-8-6-4-5-7-9-11-26(28)29)27(2,19-31-25(23)18-20)21-13-15-22(30-3)16-14-21/h12-18,24H,4-11,19H2,1-3H3,(H,28,29). The summed E-state index contributed by atoms with van der Waals surface area (Å²) in [4.78, 5) is 12.1. The molecule has 0 amide bonds. The number of fused-ring (bicyclic) bond motifs is 1. The Hall–Kier alpha value is -1.94. The van der Waals surface area contributed by atoms with E-state index < -0.39 is 5.97 Å². The van der Waals surface area contributed by atoms with Crippen LogP contribution in [0.15, 0.2) is 47.4 Å². The smallest absolute Gasteiger partial charge is 0.303 e. The summed E-state index contributed by atoms with van der Waals surface area (Å²) in [7, 11) is 1.72. The minimum atomic E-state index is -0.679. The molecule has 2 unspecified atom stereocenters. The largest absolute Gasteiger partial charge is 0.497 e. The van der Waals surface area contributed by atoms with Crippen LogP contribution in [0.5, 0.6) is 5.75 Å². The van der Waals surface area contributed by atoms with Crippen molar-refractivity contribution in [3.63, 3.8) is 0 Å². The van der Waals surface area contributed by atoms with Gasteiger partial charge in [-0.2, -0.15) is 0 Å². The Balaban J connectivity index is 1.68. The third-order valence-corrected chi connectivity index (χ3v) is 8.13. The summed E-state index contributed by atoms with van der Waals surface area (Å²) in [5, 5.41) is 8.76. The van der Waals surface area contributed by atoms with Crippen molar-refractivity contribution < 1.29 is 14.6 Å². The fourth-order valence-corrected chi connectivity index (χ4v) is 6.26. The Morgan fingerprint density at radius 2 is 1.74 bits per heavy atom. The van der Waals surface area contributed by atoms with Crippen LogP contribution in [0.3, 0.4) is 0 Å². The Morgan fingerprint density at radius 1 is 1.06 bits per heavy atom. The molecule has 3 rings (SSSR count). The minimum absolute atomic E-state index is 0.0979. The summed E-state index contributed by atoms with van der Waals surface area (Å²) in [5.41, 5.74) is 4.33. The number of carbonyl (C=O) groups is 1. The maximum Gasteiger partial charge on any atom is 0.303 e. The predicted octanol–water partition coefficient (Wildman–Crippen LogP) is 7.36. The highest BCUT2D eigenvalue weighted by atomic mass is 32.2. The van der Waals surface area contributed by atoms with E-state index >= 15 is 0 Å². The van der Waals surface area contributed by atoms with Gasteiger partial charge in [0.15, 0.2) is 0 Å². The Labute approximate surface area is 191 Å². The van der Waals surface area contributed by atoms with Crippen molar-refractivity contribution in [3.05, 3.63) is 59.2 Å². The number of unbranched alkanes of at least 4 members (excludes halogenated alkanes) is 5. The van der Waals surface area contributed by atoms with E-state index in [1.54, 1.807) is 7.11 Å². The maximum atomic E-state index is 10.6. The molecule has 0 radical (unpaired) electrons. The fourth-order valence-electron chi connectivity index (χ4n) is 4.79. The number of rotatable bonds is 11. The van der Waals surface area contributed by atoms with Crippen LogP contribution in [-0.2, 0) is 10.2 Å². The molecule has 3 nitrogen and oxygen atoms in total. The van der Waals surface area contributed by atoms with Gasteiger partial charge in [-0.1, -0.05) is 68.9 Å². The van der Waals surface area contributed by atoms with Crippen molar-refractivity contribution in [3.8, 4) is 5.75 Å². The van der Waals surface area contributed by atoms with Gasteiger partial charge in [-0.15, -0.1) is 11.8 Å². The van der Waals surface area contributed by atoms with Crippen molar-refractivity contribution in [1.29, 1.82) is 0 Å². The molecule has 1 aliphatic heterocycles. The first-order valence-corrected chi connectivity index (χ1v) is 12.5. The Morgan fingerprint density at radius 3 is 2.42 bits per heavy atom. The molecule has 168 valence electrons. The lowest BCUT2D eigenvalue weighted by Gasteiger charge is -2.43. The Kier molecular flexibility index (Phi) is 8.48. The van der Waals surface area contributed by atoms with Crippen LogP contribution >= 0.6 is 11.8 Å². The van der Waals surface area contributed by atoms with E-state index in [0.717, 1.165) is 30.8 Å². The van der Waals surface area contributed by atoms with Crippen LogP contribution in [-0.4, -0.2) is 23.9 Å². The highest BCUT2D eigenvalue weighted by molar-refractivity contribution is 7.99. The number of carboxylic acid groups (broad SMARTS) is 1. The van der Waals surface area contributed by atoms with E-state index in [4.69, 9.17) is 9.84 Å². The van der Waals surface area contributed by atoms with Crippen molar-refractivity contribution in [2.75, 3.05) is 12.9 Å². The van der Waals surface area contributed by atoms with Crippen LogP contribution in [0.4, 0.5) is 0 Å². The van der Waals surface area contributed by atoms with E-state index in [9.17, 15) is 4.79 Å². The second kappa shape index (κ2) is 11.1. The van der Waals surface area contributed by atoms with E-state index in [1.807, 2.05) is 11.8 Å². The average molecular weight is 441 g/mol. The first kappa shape index (κ1) is 23.7. The first-order chi connectivity index (χ1) is 14.9. The molecule has 0 aliphatic carbocycles. The van der Waals surface area contributed by atoms with Gasteiger partial charge in [-0.3, -0.25) is 4.79 Å². The van der Waals surface area contributed by atoms with Gasteiger partial charge in [0.25, 0.3) is 0 Å². The lowest BCUT2D eigenvalue weighted by Crippen LogP contribution is -2.36. The number of hydrogen-bond donors (Lipinski definition) is 1. The molecule has 2 aromatic rings. The third kappa shape index (κ3) is 6.06. The molecule has 31 heavy (non-hydrogen) atoms. The molecule has 0 spiro atoms. The number of thioether (sulfide) groups is 1. The molecular weight excluding hydrogens is 404 g/mol. The van der Waals surface area contributed by atoms with Crippen LogP contribution < -0.4 is 4.74 Å². The summed E-state index contributed by atoms with van der Waals surface area (Å²) >= 11 is 1.99. The maximum absolute atomic E-state index is 10.6. The van der Waals surface area contributed by atoms with Crippen molar-refractivity contribution in [1.82, 2.24) is 0 Å². The van der Waals surface area contributed by atoms with Gasteiger partial charge < -0.3 is 9.84 Å². The van der Waals surface area contributed by atoms with Crippen LogP contribution in [0, 0.1) is 6.92 Å². The number of benzene rings is 2. The number of aliphatic carboxylic acids is 1. The molecule has 2 atom stereocenters. The molecule has 0 bridgehead atoms. The van der Waals surface area contributed by atoms with Gasteiger partial charge in [0.1, 0.15) is 5.75 Å². The normalized spacial score (nSPS) is 20.3. The van der Waals surface area contributed by atoms with Gasteiger partial charge in [0.2, 0.25) is 0 Å². The van der Waals surface area contributed by atoms with Crippen LogP contribution in [0.25, 0.3) is 0 Å². The summed E-state index contributed by atoms with van der Waals surface area (Å²) in [6.45, 7) is 4.61. The van der Waals surface area contributed by atoms with Gasteiger partial charge in [0, 0.05) is 22.5 Å². The summed E-state index contributed by atoms with van der Waals surface area (Å²) in [5.74, 6) is 1.83. The zero-order chi connectivity index (χ0) is 22.3. The monoisotopic (exact) mass is 440 g/mol. The molecule has 1 aliphatic rings. The summed E-state index contributed by atoms with van der Waals surface area (Å²) in [6, 6.07) is 15.6. The SMILES string of the molecule is COc1ccc(C2(C)CSc3cc(C)ccc3C2CCCCCCCCC(=O)O)cc1. The van der Waals surface area contributed by atoms with Gasteiger partial charge in [-0.05, 0) is 55.0 Å². The van der Waals surface area contributed by atoms with Crippen molar-refractivity contribution in [2.45, 2.75) is 81.4 Å². The third-order valence-electron chi connectivity index (χ3n) is 6.72. The number of hydrogen-bond acceptors (Lipinski definition) is 3. The van der Waals surface area contributed by atoms with Crippen LogP contribution in [0.2, 0.25) is 0 Å². The number of aryl methyl sites for hydroxylation is 1. The summed E-state index contributed by atoms with van der Waals surface area (Å²) < 4.78 is 5.38. The van der Waals surface area contributed by atoms with Crippen molar-refractivity contribution >= 4 is 17.7 Å². The fraction of sp³-hybridized carbons (Fsp3) is 0.519. The quantitative estimate of drug-likeness (QED) is 0.371. The molecule has 0 saturated heterocycles. The lowest BCUT2D eigenvalue weighted by molar-refractivity contribution is -0.137. The van der Waals surface area contributed by atoms with E-state index in [1.165, 1.54) is 47.3 Å². The predicted molar refractivity (Wildman–Crippen MR) is 130 cm³/mol. The zero-order valence-corrected chi connectivity index (χ0v) is 20.0. The minimum Gasteiger partial charge on any atom is -0.497 e. The molecule has 2 aromatic carbocycles. The number of carboxylic acids is 1. The molecule has 0 saturated carbocycles. The molecule has 0 aromatic heterocycles. The average Bonchev–Trinajstić information content (AvgIpc) is 2.76. The zero-order valence-electron chi connectivity index (χ0n) is 19.2. The second-order valence-electron chi connectivity index (χ2n) is 9.08. The molecule has 0 fully saturated rings.